The van der Waals surface area contributed by atoms with Crippen LogP contribution >= 0.6 is 0 Å². The SMILES string of the molecule is NC(=O)[C@@H](NC(=O)c1cnc2ccccc2n1)c1ccccc1. The zero-order valence-electron chi connectivity index (χ0n) is 12.1. The number of rotatable bonds is 4. The maximum atomic E-state index is 12.4. The van der Waals surface area contributed by atoms with Crippen LogP contribution < -0.4 is 11.1 Å². The molecular formula is C17H14N4O2. The highest BCUT2D eigenvalue weighted by molar-refractivity contribution is 5.97. The summed E-state index contributed by atoms with van der Waals surface area (Å²) >= 11 is 0. The van der Waals surface area contributed by atoms with Crippen LogP contribution in [0.5, 0.6) is 0 Å². The number of hydrogen-bond acceptors (Lipinski definition) is 4. The molecule has 0 spiro atoms. The molecule has 6 nitrogen and oxygen atoms in total. The smallest absolute Gasteiger partial charge is 0.272 e. The summed E-state index contributed by atoms with van der Waals surface area (Å²) in [5.74, 6) is -1.14. The maximum absolute atomic E-state index is 12.4. The Morgan fingerprint density at radius 3 is 2.30 bits per heavy atom. The van der Waals surface area contributed by atoms with Gasteiger partial charge in [0.15, 0.2) is 0 Å². The number of primary amides is 1. The van der Waals surface area contributed by atoms with E-state index in [0.717, 1.165) is 0 Å². The highest BCUT2D eigenvalue weighted by atomic mass is 16.2. The van der Waals surface area contributed by atoms with Gasteiger partial charge in [-0.3, -0.25) is 14.6 Å². The molecule has 1 aromatic heterocycles. The van der Waals surface area contributed by atoms with Gasteiger partial charge in [-0.15, -0.1) is 0 Å². The van der Waals surface area contributed by atoms with Crippen LogP contribution in [0.4, 0.5) is 0 Å². The van der Waals surface area contributed by atoms with Crippen molar-refractivity contribution in [1.29, 1.82) is 0 Å². The minimum absolute atomic E-state index is 0.130. The first-order valence-corrected chi connectivity index (χ1v) is 7.02. The van der Waals surface area contributed by atoms with Gasteiger partial charge in [0, 0.05) is 0 Å². The van der Waals surface area contributed by atoms with Gasteiger partial charge in [-0.25, -0.2) is 4.98 Å². The van der Waals surface area contributed by atoms with Crippen LogP contribution in [-0.2, 0) is 4.79 Å². The highest BCUT2D eigenvalue weighted by Crippen LogP contribution is 2.13. The Bertz CT molecular complexity index is 865. The Hall–Kier alpha value is -3.28. The van der Waals surface area contributed by atoms with Crippen LogP contribution in [-0.4, -0.2) is 21.8 Å². The van der Waals surface area contributed by atoms with Gasteiger partial charge >= 0.3 is 0 Å². The summed E-state index contributed by atoms with van der Waals surface area (Å²) in [5.41, 5.74) is 7.44. The van der Waals surface area contributed by atoms with E-state index in [2.05, 4.69) is 15.3 Å². The highest BCUT2D eigenvalue weighted by Gasteiger charge is 2.21. The number of nitrogens with two attached hydrogens (primary N) is 1. The first-order valence-electron chi connectivity index (χ1n) is 7.02. The van der Waals surface area contributed by atoms with Crippen LogP contribution in [0.15, 0.2) is 60.8 Å². The molecule has 0 bridgehead atoms. The number of para-hydroxylation sites is 2. The summed E-state index contributed by atoms with van der Waals surface area (Å²) < 4.78 is 0. The summed E-state index contributed by atoms with van der Waals surface area (Å²) in [6.07, 6.45) is 1.38. The third kappa shape index (κ3) is 3.16. The van der Waals surface area contributed by atoms with Crippen molar-refractivity contribution in [3.8, 4) is 0 Å². The van der Waals surface area contributed by atoms with Crippen LogP contribution in [0.25, 0.3) is 11.0 Å². The van der Waals surface area contributed by atoms with Gasteiger partial charge in [0.2, 0.25) is 5.91 Å². The predicted octanol–water partition coefficient (Wildman–Crippen LogP) is 1.59. The fourth-order valence-electron chi connectivity index (χ4n) is 2.24. The fraction of sp³-hybridized carbons (Fsp3) is 0.0588. The number of aromatic nitrogens is 2. The molecule has 0 aliphatic heterocycles. The molecule has 1 heterocycles. The van der Waals surface area contributed by atoms with Gasteiger partial charge in [-0.05, 0) is 17.7 Å². The van der Waals surface area contributed by atoms with Crippen molar-refractivity contribution in [3.63, 3.8) is 0 Å². The van der Waals surface area contributed by atoms with E-state index >= 15 is 0 Å². The predicted molar refractivity (Wildman–Crippen MR) is 85.4 cm³/mol. The van der Waals surface area contributed by atoms with Crippen LogP contribution in [0, 0.1) is 0 Å². The van der Waals surface area contributed by atoms with E-state index in [-0.39, 0.29) is 5.69 Å². The molecule has 3 rings (SSSR count). The molecule has 0 radical (unpaired) electrons. The van der Waals surface area contributed by atoms with E-state index in [1.54, 1.807) is 36.4 Å². The summed E-state index contributed by atoms with van der Waals surface area (Å²) in [6, 6.07) is 15.1. The standard InChI is InChI=1S/C17H14N4O2/c18-16(22)15(11-6-2-1-3-7-11)21-17(23)14-10-19-12-8-4-5-9-13(12)20-14/h1-10,15H,(H2,18,22)(H,21,23)/t15-/m0/s1. The topological polar surface area (TPSA) is 98.0 Å². The maximum Gasteiger partial charge on any atom is 0.272 e. The Morgan fingerprint density at radius 2 is 1.61 bits per heavy atom. The zero-order chi connectivity index (χ0) is 16.2. The number of amides is 2. The molecule has 3 aromatic rings. The third-order valence-corrected chi connectivity index (χ3v) is 3.37. The Labute approximate surface area is 132 Å². The molecular weight excluding hydrogens is 292 g/mol. The zero-order valence-corrected chi connectivity index (χ0v) is 12.1. The Kier molecular flexibility index (Phi) is 3.97. The van der Waals surface area contributed by atoms with Crippen LogP contribution in [0.3, 0.4) is 0 Å². The molecule has 0 saturated heterocycles. The summed E-state index contributed by atoms with van der Waals surface area (Å²) in [5, 5.41) is 2.60. The lowest BCUT2D eigenvalue weighted by atomic mass is 10.1. The first kappa shape index (κ1) is 14.6. The average Bonchev–Trinajstić information content (AvgIpc) is 2.59. The summed E-state index contributed by atoms with van der Waals surface area (Å²) in [4.78, 5) is 32.4. The lowest BCUT2D eigenvalue weighted by Crippen LogP contribution is -2.37. The lowest BCUT2D eigenvalue weighted by Gasteiger charge is -2.15. The Balaban J connectivity index is 1.87. The third-order valence-electron chi connectivity index (χ3n) is 3.37. The molecule has 23 heavy (non-hydrogen) atoms. The van der Waals surface area contributed by atoms with Crippen LogP contribution in [0.2, 0.25) is 0 Å². The number of nitrogens with one attached hydrogen (secondary N) is 1. The molecule has 114 valence electrons. The quantitative estimate of drug-likeness (QED) is 0.764. The molecule has 0 unspecified atom stereocenters. The fourth-order valence-corrected chi connectivity index (χ4v) is 2.24. The van der Waals surface area contributed by atoms with E-state index in [1.165, 1.54) is 6.20 Å². The number of carbonyl (C=O) groups is 2. The average molecular weight is 306 g/mol. The number of benzene rings is 2. The van der Waals surface area contributed by atoms with E-state index in [9.17, 15) is 9.59 Å². The summed E-state index contributed by atoms with van der Waals surface area (Å²) in [6.45, 7) is 0. The van der Waals surface area contributed by atoms with Gasteiger partial charge in [-0.1, -0.05) is 42.5 Å². The van der Waals surface area contributed by atoms with Crippen molar-refractivity contribution in [3.05, 3.63) is 72.1 Å². The van der Waals surface area contributed by atoms with Gasteiger partial charge in [0.05, 0.1) is 17.2 Å². The molecule has 3 N–H and O–H groups in total. The van der Waals surface area contributed by atoms with Crippen molar-refractivity contribution in [1.82, 2.24) is 15.3 Å². The van der Waals surface area contributed by atoms with Crippen molar-refractivity contribution in [2.24, 2.45) is 5.73 Å². The van der Waals surface area contributed by atoms with E-state index in [0.29, 0.717) is 16.6 Å². The molecule has 6 heteroatoms. The largest absolute Gasteiger partial charge is 0.368 e. The normalized spacial score (nSPS) is 11.8. The lowest BCUT2D eigenvalue weighted by molar-refractivity contribution is -0.120. The second-order valence-corrected chi connectivity index (χ2v) is 4.96. The molecule has 2 aromatic carbocycles. The monoisotopic (exact) mass is 306 g/mol. The number of hydrogen-bond donors (Lipinski definition) is 2. The number of carbonyl (C=O) groups excluding carboxylic acids is 2. The molecule has 0 fully saturated rings. The van der Waals surface area contributed by atoms with E-state index in [1.807, 2.05) is 18.2 Å². The number of nitrogens with zero attached hydrogens (tertiary/aromatic N) is 2. The second-order valence-electron chi connectivity index (χ2n) is 4.96. The van der Waals surface area contributed by atoms with E-state index < -0.39 is 17.9 Å². The van der Waals surface area contributed by atoms with Crippen molar-refractivity contribution < 1.29 is 9.59 Å². The van der Waals surface area contributed by atoms with E-state index in [4.69, 9.17) is 5.73 Å². The molecule has 2 amide bonds. The first-order chi connectivity index (χ1) is 11.1. The Morgan fingerprint density at radius 1 is 0.957 bits per heavy atom. The minimum Gasteiger partial charge on any atom is -0.368 e. The molecule has 0 aliphatic rings. The van der Waals surface area contributed by atoms with Gasteiger partial charge in [0.25, 0.3) is 5.91 Å². The van der Waals surface area contributed by atoms with Gasteiger partial charge < -0.3 is 11.1 Å². The van der Waals surface area contributed by atoms with Gasteiger partial charge in [-0.2, -0.15) is 0 Å². The van der Waals surface area contributed by atoms with Crippen molar-refractivity contribution in [2.75, 3.05) is 0 Å². The van der Waals surface area contributed by atoms with Crippen molar-refractivity contribution >= 4 is 22.8 Å². The van der Waals surface area contributed by atoms with Crippen LogP contribution in [0.1, 0.15) is 22.1 Å². The summed E-state index contributed by atoms with van der Waals surface area (Å²) in [7, 11) is 0. The second kappa shape index (κ2) is 6.23. The molecule has 0 saturated carbocycles. The molecule has 0 aliphatic carbocycles. The minimum atomic E-state index is -0.919. The molecule has 1 atom stereocenters. The number of fused-ring (bicyclic) bond motifs is 1. The van der Waals surface area contributed by atoms with Gasteiger partial charge in [0.1, 0.15) is 11.7 Å². The van der Waals surface area contributed by atoms with Crippen molar-refractivity contribution in [2.45, 2.75) is 6.04 Å².